The normalized spacial score (nSPS) is 15.2. The van der Waals surface area contributed by atoms with Gasteiger partial charge in [0.05, 0.1) is 6.10 Å². The van der Waals surface area contributed by atoms with Gasteiger partial charge in [-0.3, -0.25) is 9.59 Å². The van der Waals surface area contributed by atoms with E-state index in [4.69, 9.17) is 4.74 Å². The second-order valence-electron chi connectivity index (χ2n) is 8.82. The van der Waals surface area contributed by atoms with Gasteiger partial charge in [0, 0.05) is 36.2 Å². The van der Waals surface area contributed by atoms with Crippen LogP contribution in [0.15, 0.2) is 48.5 Å². The van der Waals surface area contributed by atoms with Crippen molar-refractivity contribution in [2.75, 3.05) is 26.2 Å². The lowest BCUT2D eigenvalue weighted by Gasteiger charge is -2.31. The first-order valence-corrected chi connectivity index (χ1v) is 11.6. The van der Waals surface area contributed by atoms with E-state index in [1.807, 2.05) is 39.0 Å². The van der Waals surface area contributed by atoms with E-state index in [2.05, 4.69) is 10.2 Å². The summed E-state index contributed by atoms with van der Waals surface area (Å²) >= 11 is 0. The molecule has 0 spiro atoms. The first-order chi connectivity index (χ1) is 15.8. The number of hydrogen-bond acceptors (Lipinski definition) is 4. The van der Waals surface area contributed by atoms with Gasteiger partial charge in [0.25, 0.3) is 0 Å². The number of halogens is 1. The summed E-state index contributed by atoms with van der Waals surface area (Å²) in [5.41, 5.74) is 2.56. The van der Waals surface area contributed by atoms with Crippen LogP contribution in [0, 0.1) is 18.7 Å². The van der Waals surface area contributed by atoms with E-state index in [0.29, 0.717) is 12.1 Å². The number of nitrogens with zero attached hydrogens (tertiary/aromatic N) is 1. The average molecular weight is 453 g/mol. The number of nitrogens with one attached hydrogen (secondary N) is 1. The predicted molar refractivity (Wildman–Crippen MR) is 129 cm³/mol. The summed E-state index contributed by atoms with van der Waals surface area (Å²) in [5, 5.41) is 2.93. The van der Waals surface area contributed by atoms with Crippen LogP contribution in [0.3, 0.4) is 0 Å². The lowest BCUT2D eigenvalue weighted by molar-refractivity contribution is -0.116. The summed E-state index contributed by atoms with van der Waals surface area (Å²) in [5.74, 6) is 0.346. The molecule has 2 aromatic carbocycles. The molecule has 1 amide bonds. The molecule has 1 aliphatic heterocycles. The number of amides is 1. The minimum Gasteiger partial charge on any atom is -0.490 e. The second kappa shape index (κ2) is 11.8. The Morgan fingerprint density at radius 3 is 2.52 bits per heavy atom. The molecular formula is C27H33FN2O3. The minimum absolute atomic E-state index is 0.0270. The zero-order valence-corrected chi connectivity index (χ0v) is 19.6. The van der Waals surface area contributed by atoms with Gasteiger partial charge in [-0.25, -0.2) is 4.39 Å². The van der Waals surface area contributed by atoms with E-state index in [9.17, 15) is 14.0 Å². The molecule has 0 aliphatic carbocycles. The molecule has 0 unspecified atom stereocenters. The van der Waals surface area contributed by atoms with Gasteiger partial charge in [-0.15, -0.1) is 0 Å². The van der Waals surface area contributed by atoms with E-state index in [1.165, 1.54) is 18.2 Å². The Kier molecular flexibility index (Phi) is 8.78. The van der Waals surface area contributed by atoms with Crippen LogP contribution in [-0.2, 0) is 4.79 Å². The number of carbonyl (C=O) groups excluding carboxylic acids is 2. The van der Waals surface area contributed by atoms with Gasteiger partial charge < -0.3 is 15.0 Å². The monoisotopic (exact) mass is 452 g/mol. The van der Waals surface area contributed by atoms with E-state index >= 15 is 0 Å². The fourth-order valence-electron chi connectivity index (χ4n) is 3.99. The van der Waals surface area contributed by atoms with Crippen LogP contribution in [-0.4, -0.2) is 48.9 Å². The fourth-order valence-corrected chi connectivity index (χ4v) is 3.99. The Morgan fingerprint density at radius 2 is 1.85 bits per heavy atom. The Bertz CT molecular complexity index is 977. The van der Waals surface area contributed by atoms with Crippen molar-refractivity contribution in [3.63, 3.8) is 0 Å². The van der Waals surface area contributed by atoms with E-state index in [1.54, 1.807) is 18.2 Å². The number of rotatable bonds is 9. The molecule has 2 aromatic rings. The van der Waals surface area contributed by atoms with Gasteiger partial charge in [-0.2, -0.15) is 0 Å². The van der Waals surface area contributed by atoms with Gasteiger partial charge in [0.15, 0.2) is 5.78 Å². The Balaban J connectivity index is 1.41. The van der Waals surface area contributed by atoms with Crippen LogP contribution >= 0.6 is 0 Å². The largest absolute Gasteiger partial charge is 0.490 e. The fraction of sp³-hybridized carbons (Fsp3) is 0.407. The number of likely N-dealkylation sites (tertiary alicyclic amines) is 1. The van der Waals surface area contributed by atoms with E-state index < -0.39 is 0 Å². The molecule has 33 heavy (non-hydrogen) atoms. The van der Waals surface area contributed by atoms with Gasteiger partial charge >= 0.3 is 0 Å². The van der Waals surface area contributed by atoms with Gasteiger partial charge in [-0.1, -0.05) is 11.6 Å². The molecule has 0 bridgehead atoms. The Labute approximate surface area is 195 Å². The number of hydrogen-bond donors (Lipinski definition) is 1. The number of Topliss-reactive ketones (excluding diaryl/α,β-unsaturated/α-hetero) is 1. The number of carbonyl (C=O) groups is 2. The molecule has 1 fully saturated rings. The van der Waals surface area contributed by atoms with Crippen molar-refractivity contribution in [2.45, 2.75) is 39.7 Å². The van der Waals surface area contributed by atoms with Crippen molar-refractivity contribution in [1.82, 2.24) is 10.2 Å². The minimum atomic E-state index is -0.332. The summed E-state index contributed by atoms with van der Waals surface area (Å²) in [6, 6.07) is 11.7. The number of piperidine rings is 1. The van der Waals surface area contributed by atoms with E-state index in [-0.39, 0.29) is 29.5 Å². The topological polar surface area (TPSA) is 58.6 Å². The van der Waals surface area contributed by atoms with Crippen molar-refractivity contribution in [2.24, 2.45) is 5.92 Å². The van der Waals surface area contributed by atoms with Crippen LogP contribution in [0.2, 0.25) is 0 Å². The molecule has 1 saturated heterocycles. The third-order valence-electron chi connectivity index (χ3n) is 5.76. The molecule has 0 aromatic heterocycles. The summed E-state index contributed by atoms with van der Waals surface area (Å²) in [4.78, 5) is 27.1. The maximum Gasteiger partial charge on any atom is 0.244 e. The SMILES string of the molecule is Cc1ccc(OC(C)C)c(/C=C/C(=O)NCCN2CCC(C(=O)c3ccc(F)cc3)CC2)c1. The zero-order chi connectivity index (χ0) is 23.8. The highest BCUT2D eigenvalue weighted by molar-refractivity contribution is 5.97. The molecule has 1 aliphatic rings. The van der Waals surface area contributed by atoms with Crippen molar-refractivity contribution in [3.8, 4) is 5.75 Å². The molecule has 0 radical (unpaired) electrons. The van der Waals surface area contributed by atoms with E-state index in [0.717, 1.165) is 49.4 Å². The number of ketones is 1. The molecule has 0 atom stereocenters. The highest BCUT2D eigenvalue weighted by Gasteiger charge is 2.25. The van der Waals surface area contributed by atoms with Crippen LogP contribution in [0.4, 0.5) is 4.39 Å². The summed E-state index contributed by atoms with van der Waals surface area (Å²) in [6.07, 6.45) is 4.93. The van der Waals surface area contributed by atoms with Crippen molar-refractivity contribution in [3.05, 3.63) is 71.0 Å². The lowest BCUT2D eigenvalue weighted by Crippen LogP contribution is -2.40. The van der Waals surface area contributed by atoms with Crippen LogP contribution in [0.5, 0.6) is 5.75 Å². The first-order valence-electron chi connectivity index (χ1n) is 11.6. The molecule has 1 N–H and O–H groups in total. The molecule has 6 heteroatoms. The molecular weight excluding hydrogens is 419 g/mol. The van der Waals surface area contributed by atoms with Gasteiger partial charge in [0.2, 0.25) is 5.91 Å². The molecule has 0 saturated carbocycles. The Morgan fingerprint density at radius 1 is 1.15 bits per heavy atom. The smallest absolute Gasteiger partial charge is 0.244 e. The number of ether oxygens (including phenoxy) is 1. The lowest BCUT2D eigenvalue weighted by atomic mass is 9.89. The standard InChI is InChI=1S/C27H33FN2O3/c1-19(2)33-25-10-4-20(3)18-23(25)7-11-26(31)29-14-17-30-15-12-22(13-16-30)27(32)21-5-8-24(28)9-6-21/h4-11,18-19,22H,12-17H2,1-3H3,(H,29,31)/b11-7+. The Hall–Kier alpha value is -2.99. The summed E-state index contributed by atoms with van der Waals surface area (Å²) in [6.45, 7) is 8.85. The summed E-state index contributed by atoms with van der Waals surface area (Å²) < 4.78 is 18.9. The third kappa shape index (κ3) is 7.53. The maximum absolute atomic E-state index is 13.1. The molecule has 1 heterocycles. The zero-order valence-electron chi connectivity index (χ0n) is 19.6. The van der Waals surface area contributed by atoms with Crippen LogP contribution < -0.4 is 10.1 Å². The van der Waals surface area contributed by atoms with Crippen LogP contribution in [0.1, 0.15) is 48.2 Å². The number of aryl methyl sites for hydroxylation is 1. The third-order valence-corrected chi connectivity index (χ3v) is 5.76. The molecule has 5 nitrogen and oxygen atoms in total. The maximum atomic E-state index is 13.1. The highest BCUT2D eigenvalue weighted by atomic mass is 19.1. The molecule has 176 valence electrons. The van der Waals surface area contributed by atoms with Gasteiger partial charge in [0.1, 0.15) is 11.6 Å². The predicted octanol–water partition coefficient (Wildman–Crippen LogP) is 4.65. The second-order valence-corrected chi connectivity index (χ2v) is 8.82. The number of benzene rings is 2. The first kappa shape index (κ1) is 24.6. The van der Waals surface area contributed by atoms with Gasteiger partial charge in [-0.05, 0) is 89.2 Å². The van der Waals surface area contributed by atoms with Crippen LogP contribution in [0.25, 0.3) is 6.08 Å². The van der Waals surface area contributed by atoms with Crippen molar-refractivity contribution in [1.29, 1.82) is 0 Å². The quantitative estimate of drug-likeness (QED) is 0.445. The summed E-state index contributed by atoms with van der Waals surface area (Å²) in [7, 11) is 0. The molecule has 3 rings (SSSR count). The van der Waals surface area contributed by atoms with Crippen molar-refractivity contribution < 1.29 is 18.7 Å². The van der Waals surface area contributed by atoms with Crippen molar-refractivity contribution >= 4 is 17.8 Å². The average Bonchev–Trinajstić information content (AvgIpc) is 2.79. The highest BCUT2D eigenvalue weighted by Crippen LogP contribution is 2.23.